The van der Waals surface area contributed by atoms with Gasteiger partial charge in [0.15, 0.2) is 0 Å². The molecule has 0 bridgehead atoms. The first-order valence-electron chi connectivity index (χ1n) is 7.22. The minimum absolute atomic E-state index is 0. The fraction of sp³-hybridized carbons (Fsp3) is 0.533. The summed E-state index contributed by atoms with van der Waals surface area (Å²) in [6.07, 6.45) is 1.81. The van der Waals surface area contributed by atoms with Crippen LogP contribution in [0, 0.1) is 0 Å². The van der Waals surface area contributed by atoms with Gasteiger partial charge in [0.05, 0.1) is 18.8 Å². The lowest BCUT2D eigenvalue weighted by Gasteiger charge is -2.36. The van der Waals surface area contributed by atoms with Crippen molar-refractivity contribution < 1.29 is 9.53 Å². The summed E-state index contributed by atoms with van der Waals surface area (Å²) in [6.45, 7) is 2.69. The highest BCUT2D eigenvalue weighted by atomic mass is 35.5. The fourth-order valence-electron chi connectivity index (χ4n) is 3.02. The van der Waals surface area contributed by atoms with Crippen molar-refractivity contribution >= 4 is 24.0 Å². The molecule has 1 saturated heterocycles. The number of hydrogen-bond donors (Lipinski definition) is 2. The minimum atomic E-state index is -0.0830. The Balaban J connectivity index is 0.00000161. The summed E-state index contributed by atoms with van der Waals surface area (Å²) in [4.78, 5) is 14.7. The third-order valence-corrected chi connectivity index (χ3v) is 4.14. The number of morpholine rings is 1. The second-order valence-corrected chi connectivity index (χ2v) is 5.42. The summed E-state index contributed by atoms with van der Waals surface area (Å²) in [5, 5.41) is 3.05. The van der Waals surface area contributed by atoms with Crippen LogP contribution in [0.5, 0.6) is 0 Å². The van der Waals surface area contributed by atoms with Crippen molar-refractivity contribution in [3.63, 3.8) is 0 Å². The molecule has 0 spiro atoms. The van der Waals surface area contributed by atoms with Gasteiger partial charge in [-0.3, -0.25) is 9.69 Å². The smallest absolute Gasteiger partial charge is 0.241 e. The number of amides is 1. The lowest BCUT2D eigenvalue weighted by molar-refractivity contribution is -0.124. The molecule has 1 aromatic carbocycles. The Hall–Kier alpha value is -1.14. The number of carbonyl (C=O) groups excluding carboxylic acids is 1. The van der Waals surface area contributed by atoms with Crippen LogP contribution in [-0.4, -0.2) is 49.2 Å². The van der Waals surface area contributed by atoms with E-state index in [9.17, 15) is 4.79 Å². The summed E-state index contributed by atoms with van der Waals surface area (Å²) in [5.41, 5.74) is 7.84. The van der Waals surface area contributed by atoms with E-state index in [0.29, 0.717) is 13.2 Å². The zero-order valence-electron chi connectivity index (χ0n) is 12.0. The standard InChI is InChI=1S/C15H21N3O2.ClH/c16-9-12-10-18(7-8-20-12)14-6-5-11-3-1-2-4-13(11)17-15(14)19;/h1-4,12,14H,5-10,16H2,(H,17,19);1H. The molecule has 6 heteroatoms. The van der Waals surface area contributed by atoms with Gasteiger partial charge in [-0.25, -0.2) is 0 Å². The van der Waals surface area contributed by atoms with Crippen molar-refractivity contribution in [1.29, 1.82) is 0 Å². The van der Waals surface area contributed by atoms with Gasteiger partial charge < -0.3 is 15.8 Å². The third-order valence-electron chi connectivity index (χ3n) is 4.14. The van der Waals surface area contributed by atoms with Crippen molar-refractivity contribution in [2.24, 2.45) is 5.73 Å². The number of rotatable bonds is 2. The van der Waals surface area contributed by atoms with E-state index in [1.165, 1.54) is 5.56 Å². The van der Waals surface area contributed by atoms with Crippen LogP contribution in [0.1, 0.15) is 12.0 Å². The van der Waals surface area contributed by atoms with Gasteiger partial charge in [-0.15, -0.1) is 12.4 Å². The van der Waals surface area contributed by atoms with Gasteiger partial charge >= 0.3 is 0 Å². The lowest BCUT2D eigenvalue weighted by Crippen LogP contribution is -2.53. The summed E-state index contributed by atoms with van der Waals surface area (Å²) >= 11 is 0. The number of nitrogens with two attached hydrogens (primary N) is 1. The number of fused-ring (bicyclic) bond motifs is 1. The first-order valence-corrected chi connectivity index (χ1v) is 7.22. The highest BCUT2D eigenvalue weighted by Crippen LogP contribution is 2.24. The maximum absolute atomic E-state index is 12.4. The Morgan fingerprint density at radius 2 is 2.19 bits per heavy atom. The first kappa shape index (κ1) is 16.2. The number of para-hydroxylation sites is 1. The molecular formula is C15H22ClN3O2. The molecule has 116 valence electrons. The molecule has 1 fully saturated rings. The molecule has 0 aromatic heterocycles. The molecule has 2 unspecified atom stereocenters. The number of nitrogens with zero attached hydrogens (tertiary/aromatic N) is 1. The second-order valence-electron chi connectivity index (χ2n) is 5.42. The van der Waals surface area contributed by atoms with Crippen molar-refractivity contribution in [3.05, 3.63) is 29.8 Å². The number of nitrogens with one attached hydrogen (secondary N) is 1. The number of hydrogen-bond acceptors (Lipinski definition) is 4. The molecule has 2 heterocycles. The first-order chi connectivity index (χ1) is 9.78. The number of carbonyl (C=O) groups is 1. The quantitative estimate of drug-likeness (QED) is 0.856. The predicted molar refractivity (Wildman–Crippen MR) is 84.8 cm³/mol. The topological polar surface area (TPSA) is 67.6 Å². The van der Waals surface area contributed by atoms with E-state index >= 15 is 0 Å². The SMILES string of the molecule is Cl.NCC1CN(C2CCc3ccccc3NC2=O)CCO1. The zero-order valence-corrected chi connectivity index (χ0v) is 12.8. The van der Waals surface area contributed by atoms with Gasteiger partial charge in [0, 0.05) is 25.3 Å². The summed E-state index contributed by atoms with van der Waals surface area (Å²) in [5.74, 6) is 0.0904. The molecule has 0 radical (unpaired) electrons. The highest BCUT2D eigenvalue weighted by molar-refractivity contribution is 5.96. The molecule has 5 nitrogen and oxygen atoms in total. The Morgan fingerprint density at radius 3 is 3.00 bits per heavy atom. The molecule has 2 aliphatic heterocycles. The predicted octanol–water partition coefficient (Wildman–Crippen LogP) is 1.02. The fourth-order valence-corrected chi connectivity index (χ4v) is 3.02. The largest absolute Gasteiger partial charge is 0.374 e. The van der Waals surface area contributed by atoms with Gasteiger partial charge in [0.25, 0.3) is 0 Å². The molecule has 0 aliphatic carbocycles. The maximum Gasteiger partial charge on any atom is 0.241 e. The van der Waals surface area contributed by atoms with E-state index < -0.39 is 0 Å². The van der Waals surface area contributed by atoms with E-state index in [1.54, 1.807) is 0 Å². The number of aryl methyl sites for hydroxylation is 1. The van der Waals surface area contributed by atoms with E-state index in [0.717, 1.165) is 31.6 Å². The van der Waals surface area contributed by atoms with Crippen LogP contribution in [0.3, 0.4) is 0 Å². The number of halogens is 1. The van der Waals surface area contributed by atoms with Gasteiger partial charge in [-0.1, -0.05) is 18.2 Å². The highest BCUT2D eigenvalue weighted by Gasteiger charge is 2.32. The van der Waals surface area contributed by atoms with Crippen LogP contribution < -0.4 is 11.1 Å². The van der Waals surface area contributed by atoms with E-state index in [1.807, 2.05) is 18.2 Å². The van der Waals surface area contributed by atoms with E-state index in [2.05, 4.69) is 16.3 Å². The monoisotopic (exact) mass is 311 g/mol. The molecule has 21 heavy (non-hydrogen) atoms. The Kier molecular flexibility index (Phi) is 5.58. The summed E-state index contributed by atoms with van der Waals surface area (Å²) in [6, 6.07) is 7.95. The third kappa shape index (κ3) is 3.55. The number of ether oxygens (including phenoxy) is 1. The zero-order chi connectivity index (χ0) is 13.9. The van der Waals surface area contributed by atoms with Gasteiger partial charge in [0.2, 0.25) is 5.91 Å². The molecule has 2 atom stereocenters. The molecule has 1 aromatic rings. The van der Waals surface area contributed by atoms with Crippen molar-refractivity contribution in [2.45, 2.75) is 25.0 Å². The van der Waals surface area contributed by atoms with Crippen LogP contribution in [-0.2, 0) is 16.0 Å². The van der Waals surface area contributed by atoms with Crippen molar-refractivity contribution in [2.75, 3.05) is 31.6 Å². The summed E-state index contributed by atoms with van der Waals surface area (Å²) < 4.78 is 5.58. The Morgan fingerprint density at radius 1 is 1.38 bits per heavy atom. The number of anilines is 1. The van der Waals surface area contributed by atoms with Crippen LogP contribution in [0.15, 0.2) is 24.3 Å². The van der Waals surface area contributed by atoms with Crippen molar-refractivity contribution in [1.82, 2.24) is 4.90 Å². The molecular weight excluding hydrogens is 290 g/mol. The molecule has 3 rings (SSSR count). The normalized spacial score (nSPS) is 26.2. The Labute approximate surface area is 131 Å². The molecule has 3 N–H and O–H groups in total. The molecule has 0 saturated carbocycles. The molecule has 1 amide bonds. The average molecular weight is 312 g/mol. The van der Waals surface area contributed by atoms with Gasteiger partial charge in [0.1, 0.15) is 0 Å². The molecule has 2 aliphatic rings. The van der Waals surface area contributed by atoms with Gasteiger partial charge in [-0.2, -0.15) is 0 Å². The van der Waals surface area contributed by atoms with Gasteiger partial charge in [-0.05, 0) is 24.5 Å². The lowest BCUT2D eigenvalue weighted by atomic mass is 10.0. The summed E-state index contributed by atoms with van der Waals surface area (Å²) in [7, 11) is 0. The van der Waals surface area contributed by atoms with E-state index in [4.69, 9.17) is 10.5 Å². The van der Waals surface area contributed by atoms with Crippen LogP contribution >= 0.6 is 12.4 Å². The van der Waals surface area contributed by atoms with Crippen LogP contribution in [0.4, 0.5) is 5.69 Å². The average Bonchev–Trinajstić information content (AvgIpc) is 2.65. The van der Waals surface area contributed by atoms with Crippen LogP contribution in [0.2, 0.25) is 0 Å². The van der Waals surface area contributed by atoms with Crippen LogP contribution in [0.25, 0.3) is 0 Å². The Bertz CT molecular complexity index is 498. The van der Waals surface area contributed by atoms with E-state index in [-0.39, 0.29) is 30.5 Å². The van der Waals surface area contributed by atoms with Crippen molar-refractivity contribution in [3.8, 4) is 0 Å². The number of benzene rings is 1. The minimum Gasteiger partial charge on any atom is -0.374 e. The second kappa shape index (κ2) is 7.22. The maximum atomic E-state index is 12.4.